The van der Waals surface area contributed by atoms with Crippen LogP contribution in [0.4, 0.5) is 4.39 Å². The van der Waals surface area contributed by atoms with Crippen molar-refractivity contribution in [3.8, 4) is 0 Å². The van der Waals surface area contributed by atoms with Gasteiger partial charge in [-0.25, -0.2) is 4.39 Å². The molecule has 0 aliphatic heterocycles. The van der Waals surface area contributed by atoms with Crippen molar-refractivity contribution in [2.24, 2.45) is 0 Å². The van der Waals surface area contributed by atoms with E-state index >= 15 is 0 Å². The molecule has 76 valence electrons. The molecule has 0 unspecified atom stereocenters. The summed E-state index contributed by atoms with van der Waals surface area (Å²) in [6.45, 7) is 1.83. The highest BCUT2D eigenvalue weighted by Crippen LogP contribution is 2.12. The van der Waals surface area contributed by atoms with Gasteiger partial charge in [0.25, 0.3) is 0 Å². The lowest BCUT2D eigenvalue weighted by Crippen LogP contribution is -1.97. The summed E-state index contributed by atoms with van der Waals surface area (Å²) in [4.78, 5) is 10.3. The number of carboxylic acid groups (broad SMARTS) is 1. The second-order valence-corrected chi connectivity index (χ2v) is 3.32. The molecule has 1 N–H and O–H groups in total. The second kappa shape index (κ2) is 4.74. The van der Waals surface area contributed by atoms with Crippen molar-refractivity contribution < 1.29 is 14.3 Å². The molecule has 0 aliphatic carbocycles. The van der Waals surface area contributed by atoms with E-state index in [2.05, 4.69) is 0 Å². The lowest BCUT2D eigenvalue weighted by atomic mass is 10.0. The third-order valence-electron chi connectivity index (χ3n) is 2.14. The fourth-order valence-corrected chi connectivity index (χ4v) is 1.37. The van der Waals surface area contributed by atoms with Crippen molar-refractivity contribution in [3.05, 3.63) is 35.1 Å². The van der Waals surface area contributed by atoms with Crippen LogP contribution < -0.4 is 0 Å². The van der Waals surface area contributed by atoms with Crippen LogP contribution in [0.15, 0.2) is 18.2 Å². The Labute approximate surface area is 82.4 Å². The van der Waals surface area contributed by atoms with Crippen molar-refractivity contribution >= 4 is 5.97 Å². The number of aliphatic carboxylic acids is 1. The van der Waals surface area contributed by atoms with E-state index in [0.29, 0.717) is 12.8 Å². The van der Waals surface area contributed by atoms with E-state index in [-0.39, 0.29) is 12.2 Å². The Bertz CT molecular complexity index is 334. The quantitative estimate of drug-likeness (QED) is 0.803. The molecule has 1 aromatic carbocycles. The summed E-state index contributed by atoms with van der Waals surface area (Å²) in [5.41, 5.74) is 1.91. The van der Waals surface area contributed by atoms with Gasteiger partial charge in [0.15, 0.2) is 0 Å². The van der Waals surface area contributed by atoms with Gasteiger partial charge in [0.05, 0.1) is 0 Å². The zero-order chi connectivity index (χ0) is 10.6. The Morgan fingerprint density at radius 1 is 1.50 bits per heavy atom. The molecule has 0 radical (unpaired) electrons. The van der Waals surface area contributed by atoms with Crippen molar-refractivity contribution in [1.29, 1.82) is 0 Å². The van der Waals surface area contributed by atoms with Gasteiger partial charge in [0, 0.05) is 6.42 Å². The number of hydrogen-bond donors (Lipinski definition) is 1. The van der Waals surface area contributed by atoms with E-state index in [4.69, 9.17) is 5.11 Å². The normalized spacial score (nSPS) is 10.1. The Balaban J connectivity index is 2.55. The van der Waals surface area contributed by atoms with E-state index in [0.717, 1.165) is 11.1 Å². The molecule has 0 saturated carbocycles. The number of carboxylic acids is 1. The van der Waals surface area contributed by atoms with Gasteiger partial charge in [-0.15, -0.1) is 0 Å². The first kappa shape index (κ1) is 10.7. The molecular formula is C11H13FO2. The van der Waals surface area contributed by atoms with Crippen LogP contribution in [0.1, 0.15) is 24.0 Å². The fourth-order valence-electron chi connectivity index (χ4n) is 1.37. The highest BCUT2D eigenvalue weighted by Gasteiger charge is 2.01. The van der Waals surface area contributed by atoms with Gasteiger partial charge < -0.3 is 5.11 Å². The van der Waals surface area contributed by atoms with Gasteiger partial charge in [-0.2, -0.15) is 0 Å². The minimum Gasteiger partial charge on any atom is -0.481 e. The maximum absolute atomic E-state index is 12.7. The largest absolute Gasteiger partial charge is 0.481 e. The molecular weight excluding hydrogens is 183 g/mol. The first-order valence-corrected chi connectivity index (χ1v) is 4.56. The van der Waals surface area contributed by atoms with Crippen LogP contribution in [-0.2, 0) is 11.2 Å². The maximum atomic E-state index is 12.7. The van der Waals surface area contributed by atoms with Crippen LogP contribution in [0, 0.1) is 12.7 Å². The van der Waals surface area contributed by atoms with Crippen LogP contribution in [0.2, 0.25) is 0 Å². The molecule has 1 aromatic rings. The molecule has 3 heteroatoms. The lowest BCUT2D eigenvalue weighted by molar-refractivity contribution is -0.137. The van der Waals surface area contributed by atoms with E-state index in [1.807, 2.05) is 6.92 Å². The minimum absolute atomic E-state index is 0.164. The monoisotopic (exact) mass is 196 g/mol. The predicted molar refractivity (Wildman–Crippen MR) is 51.7 cm³/mol. The second-order valence-electron chi connectivity index (χ2n) is 3.32. The van der Waals surface area contributed by atoms with Crippen molar-refractivity contribution in [2.75, 3.05) is 0 Å². The molecule has 0 atom stereocenters. The molecule has 0 saturated heterocycles. The number of rotatable bonds is 4. The summed E-state index contributed by atoms with van der Waals surface area (Å²) in [6.07, 6.45) is 1.46. The molecule has 0 heterocycles. The first-order valence-electron chi connectivity index (χ1n) is 4.56. The SMILES string of the molecule is Cc1cc(F)ccc1CCCC(=O)O. The topological polar surface area (TPSA) is 37.3 Å². The Kier molecular flexibility index (Phi) is 3.63. The molecule has 0 fully saturated rings. The van der Waals surface area contributed by atoms with Crippen LogP contribution in [0.5, 0.6) is 0 Å². The molecule has 0 aliphatic rings. The van der Waals surface area contributed by atoms with E-state index in [1.54, 1.807) is 6.07 Å². The molecule has 0 spiro atoms. The molecule has 1 rings (SSSR count). The number of benzene rings is 1. The number of aryl methyl sites for hydroxylation is 2. The van der Waals surface area contributed by atoms with Gasteiger partial charge >= 0.3 is 5.97 Å². The van der Waals surface area contributed by atoms with Crippen LogP contribution in [-0.4, -0.2) is 11.1 Å². The standard InChI is InChI=1S/C11H13FO2/c1-8-7-10(12)6-5-9(8)3-2-4-11(13)14/h5-7H,2-4H2,1H3,(H,13,14). The minimum atomic E-state index is -0.787. The first-order chi connectivity index (χ1) is 6.59. The van der Waals surface area contributed by atoms with Crippen LogP contribution in [0.3, 0.4) is 0 Å². The summed E-state index contributed by atoms with van der Waals surface area (Å²) in [6, 6.07) is 4.59. The zero-order valence-corrected chi connectivity index (χ0v) is 8.09. The van der Waals surface area contributed by atoms with Gasteiger partial charge in [0.2, 0.25) is 0 Å². The molecule has 2 nitrogen and oxygen atoms in total. The summed E-state index contributed by atoms with van der Waals surface area (Å²) >= 11 is 0. The molecule has 0 amide bonds. The van der Waals surface area contributed by atoms with Crippen LogP contribution in [0.25, 0.3) is 0 Å². The number of halogens is 1. The summed E-state index contributed by atoms with van der Waals surface area (Å²) in [5, 5.41) is 8.44. The van der Waals surface area contributed by atoms with E-state index in [1.165, 1.54) is 12.1 Å². The maximum Gasteiger partial charge on any atom is 0.303 e. The number of hydrogen-bond acceptors (Lipinski definition) is 1. The number of carbonyl (C=O) groups is 1. The van der Waals surface area contributed by atoms with Crippen molar-refractivity contribution in [2.45, 2.75) is 26.2 Å². The highest BCUT2D eigenvalue weighted by atomic mass is 19.1. The van der Waals surface area contributed by atoms with E-state index < -0.39 is 5.97 Å². The summed E-state index contributed by atoms with van der Waals surface area (Å²) in [7, 11) is 0. The third kappa shape index (κ3) is 3.17. The third-order valence-corrected chi connectivity index (χ3v) is 2.14. The predicted octanol–water partition coefficient (Wildman–Crippen LogP) is 2.54. The highest BCUT2D eigenvalue weighted by molar-refractivity contribution is 5.66. The van der Waals surface area contributed by atoms with Gasteiger partial charge in [-0.05, 0) is 43.0 Å². The molecule has 0 bridgehead atoms. The fraction of sp³-hybridized carbons (Fsp3) is 0.364. The molecule has 14 heavy (non-hydrogen) atoms. The Hall–Kier alpha value is -1.38. The van der Waals surface area contributed by atoms with Gasteiger partial charge in [0.1, 0.15) is 5.82 Å². The zero-order valence-electron chi connectivity index (χ0n) is 8.09. The summed E-state index contributed by atoms with van der Waals surface area (Å²) < 4.78 is 12.7. The average Bonchev–Trinajstić information content (AvgIpc) is 2.08. The van der Waals surface area contributed by atoms with Crippen molar-refractivity contribution in [1.82, 2.24) is 0 Å². The summed E-state index contributed by atoms with van der Waals surface area (Å²) in [5.74, 6) is -1.03. The Morgan fingerprint density at radius 2 is 2.21 bits per heavy atom. The Morgan fingerprint density at radius 3 is 2.79 bits per heavy atom. The average molecular weight is 196 g/mol. The van der Waals surface area contributed by atoms with Crippen LogP contribution >= 0.6 is 0 Å². The van der Waals surface area contributed by atoms with Gasteiger partial charge in [-0.3, -0.25) is 4.79 Å². The smallest absolute Gasteiger partial charge is 0.303 e. The van der Waals surface area contributed by atoms with Gasteiger partial charge in [-0.1, -0.05) is 6.07 Å². The molecule has 0 aromatic heterocycles. The van der Waals surface area contributed by atoms with E-state index in [9.17, 15) is 9.18 Å². The lowest BCUT2D eigenvalue weighted by Gasteiger charge is -2.04. The van der Waals surface area contributed by atoms with Crippen molar-refractivity contribution in [3.63, 3.8) is 0 Å².